The molecule has 2 rings (SSSR count). The number of hydrogen-bond donors (Lipinski definition) is 2. The molecule has 2 aromatic carbocycles. The van der Waals surface area contributed by atoms with E-state index in [2.05, 4.69) is 10.9 Å². The van der Waals surface area contributed by atoms with Crippen LogP contribution < -0.4 is 15.6 Å². The van der Waals surface area contributed by atoms with Crippen molar-refractivity contribution in [2.75, 3.05) is 19.8 Å². The SMILES string of the molecule is CCOCCC(=O)NNC(=O)COc1ccc(-c2ccccc2)cc1. The maximum Gasteiger partial charge on any atom is 0.276 e. The zero-order valence-electron chi connectivity index (χ0n) is 14.2. The highest BCUT2D eigenvalue weighted by Crippen LogP contribution is 2.21. The third-order valence-electron chi connectivity index (χ3n) is 3.35. The first-order valence-electron chi connectivity index (χ1n) is 8.12. The number of hydrogen-bond acceptors (Lipinski definition) is 4. The van der Waals surface area contributed by atoms with Crippen LogP contribution in [0.2, 0.25) is 0 Å². The number of ether oxygens (including phenoxy) is 2. The fourth-order valence-electron chi connectivity index (χ4n) is 2.07. The van der Waals surface area contributed by atoms with Gasteiger partial charge in [-0.05, 0) is 30.2 Å². The summed E-state index contributed by atoms with van der Waals surface area (Å²) < 4.78 is 10.5. The normalized spacial score (nSPS) is 10.1. The summed E-state index contributed by atoms with van der Waals surface area (Å²) in [6.45, 7) is 2.54. The Balaban J connectivity index is 1.72. The first-order chi connectivity index (χ1) is 12.2. The predicted molar refractivity (Wildman–Crippen MR) is 94.8 cm³/mol. The molecule has 0 aromatic heterocycles. The van der Waals surface area contributed by atoms with Gasteiger partial charge in [-0.2, -0.15) is 0 Å². The van der Waals surface area contributed by atoms with Gasteiger partial charge < -0.3 is 9.47 Å². The molecule has 6 nitrogen and oxygen atoms in total. The van der Waals surface area contributed by atoms with E-state index < -0.39 is 5.91 Å². The standard InChI is InChI=1S/C19H22N2O4/c1-2-24-13-12-18(22)20-21-19(23)14-25-17-10-8-16(9-11-17)15-6-4-3-5-7-15/h3-11H,2,12-14H2,1H3,(H,20,22)(H,21,23). The van der Waals surface area contributed by atoms with Crippen molar-refractivity contribution in [1.82, 2.24) is 10.9 Å². The summed E-state index contributed by atoms with van der Waals surface area (Å²) in [5.41, 5.74) is 6.79. The van der Waals surface area contributed by atoms with Crippen molar-refractivity contribution in [3.05, 3.63) is 54.6 Å². The molecule has 0 atom stereocenters. The van der Waals surface area contributed by atoms with E-state index in [4.69, 9.17) is 9.47 Å². The highest BCUT2D eigenvalue weighted by molar-refractivity contribution is 5.82. The molecular weight excluding hydrogens is 320 g/mol. The second-order valence-electron chi connectivity index (χ2n) is 5.22. The maximum absolute atomic E-state index is 11.7. The van der Waals surface area contributed by atoms with Gasteiger partial charge in [-0.1, -0.05) is 42.5 Å². The zero-order chi connectivity index (χ0) is 17.9. The number of nitrogens with one attached hydrogen (secondary N) is 2. The topological polar surface area (TPSA) is 76.7 Å². The lowest BCUT2D eigenvalue weighted by atomic mass is 10.1. The molecule has 2 amide bonds. The first-order valence-corrected chi connectivity index (χ1v) is 8.12. The van der Waals surface area contributed by atoms with E-state index >= 15 is 0 Å². The summed E-state index contributed by atoms with van der Waals surface area (Å²) in [5, 5.41) is 0. The van der Waals surface area contributed by atoms with Gasteiger partial charge >= 0.3 is 0 Å². The monoisotopic (exact) mass is 342 g/mol. The van der Waals surface area contributed by atoms with Crippen molar-refractivity contribution >= 4 is 11.8 Å². The van der Waals surface area contributed by atoms with E-state index in [-0.39, 0.29) is 18.9 Å². The fraction of sp³-hybridized carbons (Fsp3) is 0.263. The zero-order valence-corrected chi connectivity index (χ0v) is 14.2. The van der Waals surface area contributed by atoms with Crippen molar-refractivity contribution in [2.24, 2.45) is 0 Å². The Labute approximate surface area is 147 Å². The minimum atomic E-state index is -0.433. The number of amides is 2. The van der Waals surface area contributed by atoms with Gasteiger partial charge in [0.2, 0.25) is 5.91 Å². The molecule has 0 fully saturated rings. The number of carbonyl (C=O) groups excluding carboxylic acids is 2. The Bertz CT molecular complexity index is 672. The Hall–Kier alpha value is -2.86. The van der Waals surface area contributed by atoms with Gasteiger partial charge in [-0.15, -0.1) is 0 Å². The summed E-state index contributed by atoms with van der Waals surface area (Å²) in [4.78, 5) is 23.1. The fourth-order valence-corrected chi connectivity index (χ4v) is 2.07. The summed E-state index contributed by atoms with van der Waals surface area (Å²) >= 11 is 0. The molecule has 0 saturated carbocycles. The van der Waals surface area contributed by atoms with Gasteiger partial charge in [0, 0.05) is 6.61 Å². The minimum absolute atomic E-state index is 0.184. The van der Waals surface area contributed by atoms with Gasteiger partial charge in [-0.25, -0.2) is 0 Å². The van der Waals surface area contributed by atoms with Crippen LogP contribution in [0.15, 0.2) is 54.6 Å². The van der Waals surface area contributed by atoms with Crippen LogP contribution in [-0.2, 0) is 14.3 Å². The van der Waals surface area contributed by atoms with E-state index in [9.17, 15) is 9.59 Å². The van der Waals surface area contributed by atoms with E-state index in [0.29, 0.717) is 19.0 Å². The van der Waals surface area contributed by atoms with Crippen molar-refractivity contribution in [2.45, 2.75) is 13.3 Å². The summed E-state index contributed by atoms with van der Waals surface area (Å²) in [5.74, 6) is -0.164. The smallest absolute Gasteiger partial charge is 0.276 e. The molecule has 0 aliphatic carbocycles. The van der Waals surface area contributed by atoms with Crippen LogP contribution in [0.1, 0.15) is 13.3 Å². The van der Waals surface area contributed by atoms with Gasteiger partial charge in [0.25, 0.3) is 5.91 Å². The summed E-state index contributed by atoms with van der Waals surface area (Å²) in [7, 11) is 0. The molecule has 25 heavy (non-hydrogen) atoms. The highest BCUT2D eigenvalue weighted by Gasteiger charge is 2.06. The predicted octanol–water partition coefficient (Wildman–Crippen LogP) is 2.31. The molecule has 2 N–H and O–H groups in total. The second kappa shape index (κ2) is 10.1. The number of rotatable bonds is 8. The van der Waals surface area contributed by atoms with Crippen LogP contribution in [0.25, 0.3) is 11.1 Å². The number of hydrazine groups is 1. The van der Waals surface area contributed by atoms with Gasteiger partial charge in [0.1, 0.15) is 5.75 Å². The number of benzene rings is 2. The molecule has 132 valence electrons. The molecular formula is C19H22N2O4. The second-order valence-corrected chi connectivity index (χ2v) is 5.22. The molecule has 0 bridgehead atoms. The van der Waals surface area contributed by atoms with Crippen molar-refractivity contribution < 1.29 is 19.1 Å². The lowest BCUT2D eigenvalue weighted by molar-refractivity contribution is -0.130. The quantitative estimate of drug-likeness (QED) is 0.570. The Morgan fingerprint density at radius 1 is 0.880 bits per heavy atom. The lowest BCUT2D eigenvalue weighted by Crippen LogP contribution is -2.44. The van der Waals surface area contributed by atoms with Crippen LogP contribution >= 0.6 is 0 Å². The Kier molecular flexibility index (Phi) is 7.46. The molecule has 2 aromatic rings. The van der Waals surface area contributed by atoms with E-state index in [1.807, 2.05) is 49.4 Å². The van der Waals surface area contributed by atoms with E-state index in [1.165, 1.54) is 0 Å². The molecule has 0 saturated heterocycles. The lowest BCUT2D eigenvalue weighted by Gasteiger charge is -2.09. The van der Waals surface area contributed by atoms with Crippen LogP contribution in [0.5, 0.6) is 5.75 Å². The largest absolute Gasteiger partial charge is 0.484 e. The Morgan fingerprint density at radius 2 is 1.52 bits per heavy atom. The molecule has 0 heterocycles. The van der Waals surface area contributed by atoms with E-state index in [0.717, 1.165) is 11.1 Å². The van der Waals surface area contributed by atoms with Crippen LogP contribution in [0.3, 0.4) is 0 Å². The van der Waals surface area contributed by atoms with E-state index in [1.54, 1.807) is 12.1 Å². The minimum Gasteiger partial charge on any atom is -0.484 e. The third kappa shape index (κ3) is 6.64. The van der Waals surface area contributed by atoms with Crippen molar-refractivity contribution in [3.63, 3.8) is 0 Å². The van der Waals surface area contributed by atoms with Crippen LogP contribution in [0, 0.1) is 0 Å². The third-order valence-corrected chi connectivity index (χ3v) is 3.35. The van der Waals surface area contributed by atoms with Crippen molar-refractivity contribution in [3.8, 4) is 16.9 Å². The summed E-state index contributed by atoms with van der Waals surface area (Å²) in [6, 6.07) is 17.4. The molecule has 0 unspecified atom stereocenters. The van der Waals surface area contributed by atoms with Gasteiger partial charge in [-0.3, -0.25) is 20.4 Å². The number of carbonyl (C=O) groups is 2. The molecule has 0 aliphatic rings. The summed E-state index contributed by atoms with van der Waals surface area (Å²) in [6.07, 6.45) is 0.190. The van der Waals surface area contributed by atoms with Crippen LogP contribution in [0.4, 0.5) is 0 Å². The highest BCUT2D eigenvalue weighted by atomic mass is 16.5. The maximum atomic E-state index is 11.7. The van der Waals surface area contributed by atoms with Gasteiger partial charge in [0.05, 0.1) is 13.0 Å². The average molecular weight is 342 g/mol. The molecule has 0 radical (unpaired) electrons. The first kappa shape index (κ1) is 18.5. The van der Waals surface area contributed by atoms with Crippen molar-refractivity contribution in [1.29, 1.82) is 0 Å². The Morgan fingerprint density at radius 3 is 2.20 bits per heavy atom. The molecule has 6 heteroatoms. The molecule has 0 spiro atoms. The average Bonchev–Trinajstić information content (AvgIpc) is 2.66. The van der Waals surface area contributed by atoms with Gasteiger partial charge in [0.15, 0.2) is 6.61 Å². The van der Waals surface area contributed by atoms with Crippen LogP contribution in [-0.4, -0.2) is 31.6 Å². The molecule has 0 aliphatic heterocycles.